The Hall–Kier alpha value is -1.98. The lowest BCUT2D eigenvalue weighted by Gasteiger charge is -2.27. The molecule has 2 atom stereocenters. The first-order chi connectivity index (χ1) is 12.4. The van der Waals surface area contributed by atoms with Crippen LogP contribution in [0.3, 0.4) is 0 Å². The van der Waals surface area contributed by atoms with Crippen LogP contribution in [-0.2, 0) is 20.8 Å². The van der Waals surface area contributed by atoms with E-state index in [2.05, 4.69) is 15.9 Å². The monoisotopic (exact) mass is 433 g/mol. The molecule has 0 spiro atoms. The van der Waals surface area contributed by atoms with Crippen LogP contribution in [0.4, 0.5) is 0 Å². The zero-order valence-electron chi connectivity index (χ0n) is 14.1. The lowest BCUT2D eigenvalue weighted by molar-refractivity contribution is -0.142. The Balaban J connectivity index is 1.93. The van der Waals surface area contributed by atoms with E-state index in [0.717, 1.165) is 15.6 Å². The highest BCUT2D eigenvalue weighted by Gasteiger charge is 2.49. The molecule has 0 radical (unpaired) electrons. The van der Waals surface area contributed by atoms with Crippen molar-refractivity contribution in [2.75, 3.05) is 6.54 Å². The van der Waals surface area contributed by atoms with Crippen LogP contribution in [-0.4, -0.2) is 28.9 Å². The van der Waals surface area contributed by atoms with Gasteiger partial charge in [-0.3, -0.25) is 14.4 Å². The molecule has 6 heteroatoms. The molecule has 1 heterocycles. The van der Waals surface area contributed by atoms with Gasteiger partial charge in [-0.05, 0) is 42.7 Å². The van der Waals surface area contributed by atoms with Crippen molar-refractivity contribution in [3.8, 4) is 0 Å². The Bertz CT molecular complexity index is 866. The van der Waals surface area contributed by atoms with E-state index in [-0.39, 0.29) is 5.78 Å². The van der Waals surface area contributed by atoms with Gasteiger partial charge in [-0.15, -0.1) is 0 Å². The summed E-state index contributed by atoms with van der Waals surface area (Å²) in [6, 6.07) is 14.2. The van der Waals surface area contributed by atoms with Gasteiger partial charge in [0.05, 0.1) is 6.04 Å². The van der Waals surface area contributed by atoms with Gasteiger partial charge in [-0.25, -0.2) is 0 Å². The van der Waals surface area contributed by atoms with E-state index in [1.165, 1.54) is 11.8 Å². The maximum Gasteiger partial charge on any atom is 0.291 e. The zero-order chi connectivity index (χ0) is 18.8. The SMILES string of the molecule is CC(=O)C1C(=O)C(=O)N(CCc2ccccc2Cl)C1c1ccc(Br)cc1. The van der Waals surface area contributed by atoms with Crippen LogP contribution in [0.5, 0.6) is 0 Å². The summed E-state index contributed by atoms with van der Waals surface area (Å²) in [6.45, 7) is 1.68. The minimum atomic E-state index is -0.963. The van der Waals surface area contributed by atoms with Gasteiger partial charge in [0.15, 0.2) is 0 Å². The molecule has 0 saturated carbocycles. The van der Waals surface area contributed by atoms with Crippen molar-refractivity contribution in [2.45, 2.75) is 19.4 Å². The Kier molecular flexibility index (Phi) is 5.58. The van der Waals surface area contributed by atoms with E-state index in [1.54, 1.807) is 6.07 Å². The van der Waals surface area contributed by atoms with Gasteiger partial charge in [0, 0.05) is 16.0 Å². The molecule has 134 valence electrons. The fraction of sp³-hybridized carbons (Fsp3) is 0.250. The highest BCUT2D eigenvalue weighted by atomic mass is 79.9. The van der Waals surface area contributed by atoms with Crippen LogP contribution in [0.2, 0.25) is 5.02 Å². The molecular weight excluding hydrogens is 418 g/mol. The Labute approximate surface area is 165 Å². The molecule has 2 aromatic carbocycles. The third kappa shape index (κ3) is 3.60. The number of hydrogen-bond donors (Lipinski definition) is 0. The molecule has 1 saturated heterocycles. The molecule has 4 nitrogen and oxygen atoms in total. The molecule has 2 unspecified atom stereocenters. The quantitative estimate of drug-likeness (QED) is 0.528. The van der Waals surface area contributed by atoms with Gasteiger partial charge in [0.25, 0.3) is 5.91 Å². The van der Waals surface area contributed by atoms with Gasteiger partial charge >= 0.3 is 0 Å². The molecule has 1 fully saturated rings. The lowest BCUT2D eigenvalue weighted by atomic mass is 9.90. The first-order valence-corrected chi connectivity index (χ1v) is 9.41. The molecule has 0 bridgehead atoms. The van der Waals surface area contributed by atoms with Crippen LogP contribution < -0.4 is 0 Å². The molecule has 1 aliphatic rings. The maximum atomic E-state index is 12.6. The van der Waals surface area contributed by atoms with E-state index in [0.29, 0.717) is 18.0 Å². The Morgan fingerprint density at radius 1 is 1.12 bits per heavy atom. The number of amides is 1. The predicted molar refractivity (Wildman–Crippen MR) is 103 cm³/mol. The van der Waals surface area contributed by atoms with E-state index in [4.69, 9.17) is 11.6 Å². The summed E-state index contributed by atoms with van der Waals surface area (Å²) >= 11 is 9.57. The van der Waals surface area contributed by atoms with Crippen molar-refractivity contribution in [1.82, 2.24) is 4.90 Å². The highest BCUT2D eigenvalue weighted by Crippen LogP contribution is 2.37. The number of ketones is 2. The topological polar surface area (TPSA) is 54.5 Å². The molecule has 0 aromatic heterocycles. The number of rotatable bonds is 5. The molecular formula is C20H17BrClNO3. The second kappa shape index (κ2) is 7.72. The number of benzene rings is 2. The van der Waals surface area contributed by atoms with Crippen molar-refractivity contribution < 1.29 is 14.4 Å². The second-order valence-corrected chi connectivity index (χ2v) is 7.61. The minimum Gasteiger partial charge on any atom is -0.328 e. The van der Waals surface area contributed by atoms with E-state index < -0.39 is 23.7 Å². The van der Waals surface area contributed by atoms with E-state index >= 15 is 0 Å². The number of carbonyl (C=O) groups excluding carboxylic acids is 3. The molecule has 0 aliphatic carbocycles. The summed E-state index contributed by atoms with van der Waals surface area (Å²) in [5, 5.41) is 0.619. The Morgan fingerprint density at radius 2 is 1.77 bits per heavy atom. The predicted octanol–water partition coefficient (Wildman–Crippen LogP) is 4.00. The maximum absolute atomic E-state index is 12.6. The van der Waals surface area contributed by atoms with Crippen molar-refractivity contribution in [3.05, 3.63) is 69.2 Å². The van der Waals surface area contributed by atoms with Gasteiger partial charge in [0.1, 0.15) is 11.7 Å². The third-order valence-electron chi connectivity index (χ3n) is 4.64. The fourth-order valence-corrected chi connectivity index (χ4v) is 3.84. The van der Waals surface area contributed by atoms with Gasteiger partial charge in [0.2, 0.25) is 5.78 Å². The molecule has 2 aromatic rings. The molecule has 1 amide bonds. The normalized spacial score (nSPS) is 19.9. The van der Waals surface area contributed by atoms with Crippen LogP contribution in [0.15, 0.2) is 53.0 Å². The third-order valence-corrected chi connectivity index (χ3v) is 5.53. The van der Waals surface area contributed by atoms with Crippen LogP contribution >= 0.6 is 27.5 Å². The molecule has 3 rings (SSSR count). The average Bonchev–Trinajstić information content (AvgIpc) is 2.86. The average molecular weight is 435 g/mol. The second-order valence-electron chi connectivity index (χ2n) is 6.29. The highest BCUT2D eigenvalue weighted by molar-refractivity contribution is 9.10. The summed E-state index contributed by atoms with van der Waals surface area (Å²) in [5.41, 5.74) is 1.67. The van der Waals surface area contributed by atoms with Crippen molar-refractivity contribution >= 4 is 45.0 Å². The molecule has 0 N–H and O–H groups in total. The Morgan fingerprint density at radius 3 is 2.38 bits per heavy atom. The number of Topliss-reactive ketones (excluding diaryl/α,β-unsaturated/α-hetero) is 2. The first-order valence-electron chi connectivity index (χ1n) is 8.24. The van der Waals surface area contributed by atoms with Crippen LogP contribution in [0.25, 0.3) is 0 Å². The van der Waals surface area contributed by atoms with Crippen molar-refractivity contribution in [1.29, 1.82) is 0 Å². The van der Waals surface area contributed by atoms with Crippen LogP contribution in [0, 0.1) is 5.92 Å². The summed E-state index contributed by atoms with van der Waals surface area (Å²) in [7, 11) is 0. The van der Waals surface area contributed by atoms with Crippen LogP contribution in [0.1, 0.15) is 24.1 Å². The summed E-state index contributed by atoms with van der Waals surface area (Å²) in [6.07, 6.45) is 0.510. The molecule has 1 aliphatic heterocycles. The number of nitrogens with zero attached hydrogens (tertiary/aromatic N) is 1. The summed E-state index contributed by atoms with van der Waals surface area (Å²) < 4.78 is 0.888. The number of hydrogen-bond acceptors (Lipinski definition) is 3. The number of halogens is 2. The van der Waals surface area contributed by atoms with E-state index in [9.17, 15) is 14.4 Å². The van der Waals surface area contributed by atoms with Gasteiger partial charge in [-0.1, -0.05) is 57.9 Å². The fourth-order valence-electron chi connectivity index (χ4n) is 3.35. The standard InChI is InChI=1S/C20H17BrClNO3/c1-12(24)17-18(14-6-8-15(21)9-7-14)23(20(26)19(17)25)11-10-13-4-2-3-5-16(13)22/h2-9,17-18H,10-11H2,1H3. The number of carbonyl (C=O) groups is 3. The smallest absolute Gasteiger partial charge is 0.291 e. The van der Waals surface area contributed by atoms with Gasteiger partial charge < -0.3 is 4.90 Å². The van der Waals surface area contributed by atoms with Crippen molar-refractivity contribution in [3.63, 3.8) is 0 Å². The lowest BCUT2D eigenvalue weighted by Crippen LogP contribution is -2.32. The van der Waals surface area contributed by atoms with Crippen molar-refractivity contribution in [2.24, 2.45) is 5.92 Å². The van der Waals surface area contributed by atoms with E-state index in [1.807, 2.05) is 42.5 Å². The largest absolute Gasteiger partial charge is 0.328 e. The zero-order valence-corrected chi connectivity index (χ0v) is 16.5. The minimum absolute atomic E-state index is 0.295. The summed E-state index contributed by atoms with van der Waals surface area (Å²) in [5.74, 6) is -2.50. The number of likely N-dealkylation sites (tertiary alicyclic amines) is 1. The summed E-state index contributed by atoms with van der Waals surface area (Å²) in [4.78, 5) is 38.6. The van der Waals surface area contributed by atoms with Gasteiger partial charge in [-0.2, -0.15) is 0 Å². The molecule has 26 heavy (non-hydrogen) atoms. The first kappa shape index (κ1) is 18.8.